The minimum atomic E-state index is 0.467. The lowest BCUT2D eigenvalue weighted by molar-refractivity contribution is -0.127. The molecule has 1 aromatic heterocycles. The van der Waals surface area contributed by atoms with Crippen molar-refractivity contribution < 1.29 is 4.74 Å². The predicted octanol–water partition coefficient (Wildman–Crippen LogP) is 1.68. The maximum absolute atomic E-state index is 5.23. The molecule has 0 atom stereocenters. The first-order valence-corrected chi connectivity index (χ1v) is 5.51. The topological polar surface area (TPSA) is 25.4 Å². The molecule has 0 N–H and O–H groups in total. The Morgan fingerprint density at radius 1 is 1.36 bits per heavy atom. The molecule has 14 heavy (non-hydrogen) atoms. The van der Waals surface area contributed by atoms with Crippen molar-refractivity contribution in [3.8, 4) is 0 Å². The van der Waals surface area contributed by atoms with Crippen molar-refractivity contribution >= 4 is 21.7 Å². The summed E-state index contributed by atoms with van der Waals surface area (Å²) < 4.78 is 6.26. The number of nitrogens with zero attached hydrogens (tertiary/aromatic N) is 2. The Hall–Kier alpha value is -0.610. The quantitative estimate of drug-likeness (QED) is 0.763. The molecule has 0 aliphatic carbocycles. The van der Waals surface area contributed by atoms with Gasteiger partial charge in [-0.25, -0.2) is 4.98 Å². The molecule has 2 aliphatic rings. The zero-order chi connectivity index (χ0) is 9.60. The number of hydrogen-bond donors (Lipinski definition) is 0. The third kappa shape index (κ3) is 1.25. The molecule has 3 heterocycles. The maximum atomic E-state index is 5.23. The molecule has 1 aromatic rings. The molecule has 0 unspecified atom stereocenters. The number of anilines is 1. The number of pyridine rings is 1. The third-order valence-corrected chi connectivity index (χ3v) is 3.37. The van der Waals surface area contributed by atoms with Gasteiger partial charge >= 0.3 is 0 Å². The SMILES string of the molecule is Brc1ccc(N2CC3(COC3)C2)nc1. The standard InChI is InChI=1S/C10H11BrN2O/c11-8-1-2-9(12-3-8)13-4-10(5-13)6-14-7-10/h1-3H,4-7H2. The van der Waals surface area contributed by atoms with Gasteiger partial charge in [-0.15, -0.1) is 0 Å². The summed E-state index contributed by atoms with van der Waals surface area (Å²) in [7, 11) is 0. The molecule has 2 saturated heterocycles. The molecular weight excluding hydrogens is 244 g/mol. The lowest BCUT2D eigenvalue weighted by atomic mass is 9.78. The minimum absolute atomic E-state index is 0.467. The Morgan fingerprint density at radius 2 is 2.14 bits per heavy atom. The van der Waals surface area contributed by atoms with E-state index in [1.165, 1.54) is 0 Å². The summed E-state index contributed by atoms with van der Waals surface area (Å²) in [5, 5.41) is 0. The highest BCUT2D eigenvalue weighted by molar-refractivity contribution is 9.10. The average molecular weight is 255 g/mol. The van der Waals surface area contributed by atoms with Crippen molar-refractivity contribution in [3.05, 3.63) is 22.8 Å². The van der Waals surface area contributed by atoms with Crippen molar-refractivity contribution in [3.63, 3.8) is 0 Å². The highest BCUT2D eigenvalue weighted by Crippen LogP contribution is 2.39. The summed E-state index contributed by atoms with van der Waals surface area (Å²) in [5.74, 6) is 1.07. The fourth-order valence-electron chi connectivity index (χ4n) is 2.05. The first-order valence-electron chi connectivity index (χ1n) is 4.72. The molecule has 0 aromatic carbocycles. The van der Waals surface area contributed by atoms with Gasteiger partial charge in [-0.1, -0.05) is 0 Å². The minimum Gasteiger partial charge on any atom is -0.380 e. The predicted molar refractivity (Wildman–Crippen MR) is 57.4 cm³/mol. The summed E-state index contributed by atoms with van der Waals surface area (Å²) >= 11 is 3.38. The molecule has 0 bridgehead atoms. The van der Waals surface area contributed by atoms with Gasteiger partial charge in [0.15, 0.2) is 0 Å². The van der Waals surface area contributed by atoms with Crippen molar-refractivity contribution in [2.45, 2.75) is 0 Å². The van der Waals surface area contributed by atoms with Gasteiger partial charge in [0.1, 0.15) is 5.82 Å². The van der Waals surface area contributed by atoms with Crippen molar-refractivity contribution in [2.24, 2.45) is 5.41 Å². The van der Waals surface area contributed by atoms with Crippen LogP contribution in [0.3, 0.4) is 0 Å². The van der Waals surface area contributed by atoms with E-state index in [9.17, 15) is 0 Å². The van der Waals surface area contributed by atoms with Crippen LogP contribution in [-0.2, 0) is 4.74 Å². The number of ether oxygens (including phenoxy) is 1. The van der Waals surface area contributed by atoms with E-state index in [1.54, 1.807) is 0 Å². The van der Waals surface area contributed by atoms with Crippen LogP contribution in [0.4, 0.5) is 5.82 Å². The first-order chi connectivity index (χ1) is 6.77. The van der Waals surface area contributed by atoms with Crippen molar-refractivity contribution in [2.75, 3.05) is 31.2 Å². The fourth-order valence-corrected chi connectivity index (χ4v) is 2.29. The van der Waals surface area contributed by atoms with E-state index in [-0.39, 0.29) is 0 Å². The Kier molecular flexibility index (Phi) is 1.82. The van der Waals surface area contributed by atoms with Crippen LogP contribution in [0.15, 0.2) is 22.8 Å². The van der Waals surface area contributed by atoms with Gasteiger partial charge in [-0.05, 0) is 28.1 Å². The van der Waals surface area contributed by atoms with Crippen LogP contribution in [0.2, 0.25) is 0 Å². The maximum Gasteiger partial charge on any atom is 0.128 e. The number of rotatable bonds is 1. The Morgan fingerprint density at radius 3 is 2.64 bits per heavy atom. The van der Waals surface area contributed by atoms with Gasteiger partial charge < -0.3 is 9.64 Å². The van der Waals surface area contributed by atoms with Gasteiger partial charge in [0, 0.05) is 23.8 Å². The second kappa shape index (κ2) is 2.94. The second-order valence-electron chi connectivity index (χ2n) is 4.18. The Balaban J connectivity index is 1.70. The fraction of sp³-hybridized carbons (Fsp3) is 0.500. The van der Waals surface area contributed by atoms with E-state index >= 15 is 0 Å². The zero-order valence-electron chi connectivity index (χ0n) is 7.74. The average Bonchev–Trinajstić information content (AvgIpc) is 2.03. The molecule has 0 saturated carbocycles. The molecule has 4 heteroatoms. The van der Waals surface area contributed by atoms with Gasteiger partial charge in [0.2, 0.25) is 0 Å². The highest BCUT2D eigenvalue weighted by Gasteiger charge is 2.49. The van der Waals surface area contributed by atoms with Crippen molar-refractivity contribution in [1.29, 1.82) is 0 Å². The van der Waals surface area contributed by atoms with Gasteiger partial charge in [-0.3, -0.25) is 0 Å². The first kappa shape index (κ1) is 8.68. The van der Waals surface area contributed by atoms with Crippen LogP contribution in [0.1, 0.15) is 0 Å². The molecule has 0 radical (unpaired) electrons. The third-order valence-electron chi connectivity index (χ3n) is 2.90. The molecule has 74 valence electrons. The van der Waals surface area contributed by atoms with Crippen LogP contribution in [-0.4, -0.2) is 31.3 Å². The summed E-state index contributed by atoms with van der Waals surface area (Å²) in [6.45, 7) is 4.06. The highest BCUT2D eigenvalue weighted by atomic mass is 79.9. The summed E-state index contributed by atoms with van der Waals surface area (Å²) in [4.78, 5) is 6.66. The van der Waals surface area contributed by atoms with E-state index in [4.69, 9.17) is 4.74 Å². The van der Waals surface area contributed by atoms with Gasteiger partial charge in [0.05, 0.1) is 18.6 Å². The summed E-state index contributed by atoms with van der Waals surface area (Å²) in [6, 6.07) is 4.08. The van der Waals surface area contributed by atoms with Crippen LogP contribution in [0.25, 0.3) is 0 Å². The van der Waals surface area contributed by atoms with E-state index in [0.717, 1.165) is 36.6 Å². The molecular formula is C10H11BrN2O. The lowest BCUT2D eigenvalue weighted by Crippen LogP contribution is -2.66. The van der Waals surface area contributed by atoms with Crippen molar-refractivity contribution in [1.82, 2.24) is 4.98 Å². The van der Waals surface area contributed by atoms with Crippen LogP contribution >= 0.6 is 15.9 Å². The van der Waals surface area contributed by atoms with E-state index < -0.39 is 0 Å². The van der Waals surface area contributed by atoms with Gasteiger partial charge in [0.25, 0.3) is 0 Å². The second-order valence-corrected chi connectivity index (χ2v) is 5.10. The summed E-state index contributed by atoms with van der Waals surface area (Å²) in [5.41, 5.74) is 0.467. The molecule has 0 amide bonds. The van der Waals surface area contributed by atoms with Crippen LogP contribution in [0.5, 0.6) is 0 Å². The monoisotopic (exact) mass is 254 g/mol. The summed E-state index contributed by atoms with van der Waals surface area (Å²) in [6.07, 6.45) is 1.84. The number of halogens is 1. The molecule has 1 spiro atoms. The molecule has 2 fully saturated rings. The molecule has 3 rings (SSSR count). The van der Waals surface area contributed by atoms with E-state index in [2.05, 4.69) is 31.9 Å². The normalized spacial score (nSPS) is 23.1. The lowest BCUT2D eigenvalue weighted by Gasteiger charge is -2.55. The smallest absolute Gasteiger partial charge is 0.128 e. The molecule has 2 aliphatic heterocycles. The van der Waals surface area contributed by atoms with Crippen LogP contribution < -0.4 is 4.90 Å². The van der Waals surface area contributed by atoms with Crippen LogP contribution in [0, 0.1) is 5.41 Å². The van der Waals surface area contributed by atoms with Gasteiger partial charge in [-0.2, -0.15) is 0 Å². The number of hydrogen-bond acceptors (Lipinski definition) is 3. The van der Waals surface area contributed by atoms with E-state index in [0.29, 0.717) is 5.41 Å². The Labute approximate surface area is 91.2 Å². The number of aromatic nitrogens is 1. The Bertz CT molecular complexity index is 340. The molecule has 3 nitrogen and oxygen atoms in total. The zero-order valence-corrected chi connectivity index (χ0v) is 9.33. The van der Waals surface area contributed by atoms with E-state index in [1.807, 2.05) is 12.3 Å². The largest absolute Gasteiger partial charge is 0.380 e.